The van der Waals surface area contributed by atoms with Crippen LogP contribution < -0.4 is 5.32 Å². The first kappa shape index (κ1) is 15.3. The Morgan fingerprint density at radius 1 is 1.21 bits per heavy atom. The summed E-state index contributed by atoms with van der Waals surface area (Å²) >= 11 is 0. The van der Waals surface area contributed by atoms with E-state index in [0.29, 0.717) is 6.10 Å². The van der Waals surface area contributed by atoms with Crippen molar-refractivity contribution in [2.45, 2.75) is 64.5 Å². The Hall–Kier alpha value is -0.120. The van der Waals surface area contributed by atoms with Crippen molar-refractivity contribution in [3.63, 3.8) is 0 Å². The average molecular weight is 268 g/mol. The smallest absolute Gasteiger partial charge is 0.0700 e. The fraction of sp³-hybridized carbons (Fsp3) is 1.00. The summed E-state index contributed by atoms with van der Waals surface area (Å²) in [7, 11) is 0. The van der Waals surface area contributed by atoms with E-state index in [0.717, 1.165) is 38.1 Å². The minimum absolute atomic E-state index is 0.472. The maximum atomic E-state index is 5.78. The van der Waals surface area contributed by atoms with Gasteiger partial charge < -0.3 is 10.1 Å². The van der Waals surface area contributed by atoms with Gasteiger partial charge in [0.25, 0.3) is 0 Å². The van der Waals surface area contributed by atoms with Crippen LogP contribution in [0.2, 0.25) is 0 Å². The molecule has 0 aromatic heterocycles. The topological polar surface area (TPSA) is 24.5 Å². The molecule has 0 bridgehead atoms. The summed E-state index contributed by atoms with van der Waals surface area (Å²) < 4.78 is 5.78. The molecule has 1 aliphatic carbocycles. The molecule has 0 spiro atoms. The van der Waals surface area contributed by atoms with E-state index in [1.54, 1.807) is 0 Å². The van der Waals surface area contributed by atoms with Crippen molar-refractivity contribution < 1.29 is 4.74 Å². The van der Waals surface area contributed by atoms with Crippen LogP contribution in [0.25, 0.3) is 0 Å². The molecule has 0 radical (unpaired) electrons. The fourth-order valence-corrected chi connectivity index (χ4v) is 3.55. The molecule has 0 aromatic rings. The largest absolute Gasteiger partial charge is 0.376 e. The van der Waals surface area contributed by atoms with Gasteiger partial charge >= 0.3 is 0 Å². The lowest BCUT2D eigenvalue weighted by molar-refractivity contribution is -0.0371. The zero-order valence-corrected chi connectivity index (χ0v) is 12.9. The zero-order chi connectivity index (χ0) is 13.5. The second-order valence-electron chi connectivity index (χ2n) is 6.27. The molecule has 2 aliphatic rings. The van der Waals surface area contributed by atoms with Crippen LogP contribution in [0.5, 0.6) is 0 Å². The van der Waals surface area contributed by atoms with Crippen LogP contribution in [0.4, 0.5) is 0 Å². The van der Waals surface area contributed by atoms with E-state index in [9.17, 15) is 0 Å². The van der Waals surface area contributed by atoms with Gasteiger partial charge in [-0.15, -0.1) is 0 Å². The van der Waals surface area contributed by atoms with E-state index in [-0.39, 0.29) is 0 Å². The average Bonchev–Trinajstić information content (AvgIpc) is 2.46. The Morgan fingerprint density at radius 2 is 2.05 bits per heavy atom. The summed E-state index contributed by atoms with van der Waals surface area (Å²) in [6.07, 6.45) is 8.51. The predicted octanol–water partition coefficient (Wildman–Crippen LogP) is 2.66. The molecule has 3 nitrogen and oxygen atoms in total. The van der Waals surface area contributed by atoms with Crippen molar-refractivity contribution in [1.82, 2.24) is 10.2 Å². The molecule has 112 valence electrons. The quantitative estimate of drug-likeness (QED) is 0.801. The van der Waals surface area contributed by atoms with Gasteiger partial charge in [0.2, 0.25) is 0 Å². The molecule has 1 heterocycles. The summed E-state index contributed by atoms with van der Waals surface area (Å²) in [6, 6.07) is 0.761. The number of hydrogen-bond donors (Lipinski definition) is 1. The Balaban J connectivity index is 1.80. The first-order chi connectivity index (χ1) is 9.33. The van der Waals surface area contributed by atoms with Crippen molar-refractivity contribution in [1.29, 1.82) is 0 Å². The summed E-state index contributed by atoms with van der Waals surface area (Å²) in [6.45, 7) is 10.2. The number of morpholine rings is 1. The van der Waals surface area contributed by atoms with Crippen LogP contribution in [-0.4, -0.2) is 49.8 Å². The summed E-state index contributed by atoms with van der Waals surface area (Å²) in [5, 5.41) is 3.78. The van der Waals surface area contributed by atoms with Crippen LogP contribution in [0, 0.1) is 5.92 Å². The minimum Gasteiger partial charge on any atom is -0.376 e. The van der Waals surface area contributed by atoms with E-state index in [2.05, 4.69) is 24.1 Å². The van der Waals surface area contributed by atoms with Crippen LogP contribution >= 0.6 is 0 Å². The summed E-state index contributed by atoms with van der Waals surface area (Å²) in [5.74, 6) is 0.857. The van der Waals surface area contributed by atoms with Gasteiger partial charge in [-0.3, -0.25) is 4.90 Å². The monoisotopic (exact) mass is 268 g/mol. The van der Waals surface area contributed by atoms with Crippen LogP contribution in [-0.2, 0) is 4.74 Å². The molecule has 3 atom stereocenters. The van der Waals surface area contributed by atoms with Gasteiger partial charge in [0.05, 0.1) is 12.7 Å². The highest BCUT2D eigenvalue weighted by Gasteiger charge is 2.28. The molecule has 3 heteroatoms. The zero-order valence-electron chi connectivity index (χ0n) is 12.9. The molecule has 3 unspecified atom stereocenters. The molecular weight excluding hydrogens is 236 g/mol. The molecular formula is C16H32N2O. The first-order valence-electron chi connectivity index (χ1n) is 8.40. The van der Waals surface area contributed by atoms with Gasteiger partial charge in [-0.25, -0.2) is 0 Å². The lowest BCUT2D eigenvalue weighted by atomic mass is 9.84. The van der Waals surface area contributed by atoms with E-state index >= 15 is 0 Å². The molecule has 1 saturated carbocycles. The Morgan fingerprint density at radius 3 is 2.84 bits per heavy atom. The van der Waals surface area contributed by atoms with E-state index in [1.807, 2.05) is 0 Å². The van der Waals surface area contributed by atoms with Crippen molar-refractivity contribution in [2.24, 2.45) is 5.92 Å². The molecule has 0 aromatic carbocycles. The lowest BCUT2D eigenvalue weighted by Gasteiger charge is -2.39. The molecule has 1 N–H and O–H groups in total. The molecule has 0 amide bonds. The fourth-order valence-electron chi connectivity index (χ4n) is 3.55. The lowest BCUT2D eigenvalue weighted by Crippen LogP contribution is -2.49. The number of hydrogen-bond acceptors (Lipinski definition) is 3. The SMILES string of the molecule is CCCNC1CCCCC1CN1CCOC(CC)C1. The molecule has 2 fully saturated rings. The molecule has 1 saturated heterocycles. The summed E-state index contributed by atoms with van der Waals surface area (Å²) in [4.78, 5) is 2.65. The van der Waals surface area contributed by atoms with Gasteiger partial charge in [0.1, 0.15) is 0 Å². The normalized spacial score (nSPS) is 33.5. The van der Waals surface area contributed by atoms with Crippen molar-refractivity contribution in [3.05, 3.63) is 0 Å². The van der Waals surface area contributed by atoms with Gasteiger partial charge in [-0.1, -0.05) is 26.7 Å². The van der Waals surface area contributed by atoms with E-state index in [1.165, 1.54) is 45.2 Å². The van der Waals surface area contributed by atoms with Crippen molar-refractivity contribution in [3.8, 4) is 0 Å². The van der Waals surface area contributed by atoms with Crippen molar-refractivity contribution in [2.75, 3.05) is 32.8 Å². The van der Waals surface area contributed by atoms with Crippen LogP contribution in [0.3, 0.4) is 0 Å². The minimum atomic E-state index is 0.472. The molecule has 1 aliphatic heterocycles. The Bertz CT molecular complexity index is 247. The highest BCUT2D eigenvalue weighted by atomic mass is 16.5. The highest BCUT2D eigenvalue weighted by Crippen LogP contribution is 2.26. The van der Waals surface area contributed by atoms with Crippen LogP contribution in [0.15, 0.2) is 0 Å². The number of ether oxygens (including phenoxy) is 1. The van der Waals surface area contributed by atoms with Gasteiger partial charge in [0.15, 0.2) is 0 Å². The highest BCUT2D eigenvalue weighted by molar-refractivity contribution is 4.84. The van der Waals surface area contributed by atoms with Crippen LogP contribution in [0.1, 0.15) is 52.4 Å². The summed E-state index contributed by atoms with van der Waals surface area (Å²) in [5.41, 5.74) is 0. The third kappa shape index (κ3) is 4.73. The standard InChI is InChI=1S/C16H32N2O/c1-3-9-17-16-8-6-5-7-14(16)12-18-10-11-19-15(4-2)13-18/h14-17H,3-13H2,1-2H3. The number of nitrogens with zero attached hydrogens (tertiary/aromatic N) is 1. The molecule has 19 heavy (non-hydrogen) atoms. The third-order valence-corrected chi connectivity index (χ3v) is 4.74. The van der Waals surface area contributed by atoms with Gasteiger partial charge in [-0.05, 0) is 38.1 Å². The maximum Gasteiger partial charge on any atom is 0.0700 e. The predicted molar refractivity (Wildman–Crippen MR) is 80.5 cm³/mol. The van der Waals surface area contributed by atoms with Gasteiger partial charge in [0, 0.05) is 25.7 Å². The second kappa shape index (κ2) is 8.23. The van der Waals surface area contributed by atoms with Gasteiger partial charge in [-0.2, -0.15) is 0 Å². The van der Waals surface area contributed by atoms with Crippen molar-refractivity contribution >= 4 is 0 Å². The third-order valence-electron chi connectivity index (χ3n) is 4.74. The second-order valence-corrected chi connectivity index (χ2v) is 6.27. The molecule has 2 rings (SSSR count). The number of nitrogens with one attached hydrogen (secondary N) is 1. The van der Waals surface area contributed by atoms with E-state index < -0.39 is 0 Å². The van der Waals surface area contributed by atoms with E-state index in [4.69, 9.17) is 4.74 Å². The Kier molecular flexibility index (Phi) is 6.62. The Labute approximate surface area is 119 Å². The number of rotatable bonds is 6. The maximum absolute atomic E-state index is 5.78. The first-order valence-corrected chi connectivity index (χ1v) is 8.40.